The molecule has 0 aliphatic rings. The molecule has 11 heavy (non-hydrogen) atoms. The Bertz CT molecular complexity index is 226. The van der Waals surface area contributed by atoms with Gasteiger partial charge in [0.1, 0.15) is 5.76 Å². The van der Waals surface area contributed by atoms with Gasteiger partial charge >= 0.3 is 10.1 Å². The fourth-order valence-corrected chi connectivity index (χ4v) is 1.17. The fraction of sp³-hybridized carbons (Fsp3) is 0.714. The van der Waals surface area contributed by atoms with Gasteiger partial charge in [0.25, 0.3) is 0 Å². The lowest BCUT2D eigenvalue weighted by Gasteiger charge is -2.00. The van der Waals surface area contributed by atoms with Crippen LogP contribution in [0, 0.1) is 0 Å². The van der Waals surface area contributed by atoms with Crippen molar-refractivity contribution in [3.8, 4) is 0 Å². The number of hydrogen-bond donors (Lipinski definition) is 0. The van der Waals surface area contributed by atoms with Crippen LogP contribution in [-0.4, -0.2) is 14.7 Å². The third-order valence-corrected chi connectivity index (χ3v) is 1.57. The maximum Gasteiger partial charge on any atom is 0.305 e. The van der Waals surface area contributed by atoms with E-state index in [-0.39, 0.29) is 0 Å². The highest BCUT2D eigenvalue weighted by atomic mass is 32.2. The Balaban J connectivity index is 3.97. The molecule has 0 radical (unpaired) electrons. The molecule has 3 nitrogen and oxygen atoms in total. The second kappa shape index (κ2) is 4.38. The summed E-state index contributed by atoms with van der Waals surface area (Å²) in [6.45, 7) is 3.65. The molecule has 0 aliphatic heterocycles. The minimum Gasteiger partial charge on any atom is -0.388 e. The predicted octanol–water partition coefficient (Wildman–Crippen LogP) is 1.67. The first-order valence-electron chi connectivity index (χ1n) is 3.52. The van der Waals surface area contributed by atoms with Gasteiger partial charge in [0.2, 0.25) is 0 Å². The van der Waals surface area contributed by atoms with E-state index < -0.39 is 10.1 Å². The average molecular weight is 178 g/mol. The summed E-state index contributed by atoms with van der Waals surface area (Å²) in [5, 5.41) is 0. The molecule has 0 N–H and O–H groups in total. The summed E-state index contributed by atoms with van der Waals surface area (Å²) >= 11 is 0. The van der Waals surface area contributed by atoms with E-state index in [9.17, 15) is 8.42 Å². The standard InChI is InChI=1S/C7H14O3S/c1-4-5-6-7(2)10-11(3,8)9/h6H,4-5H2,1-3H3/b7-6+. The van der Waals surface area contributed by atoms with Crippen LogP contribution in [0.15, 0.2) is 11.8 Å². The summed E-state index contributed by atoms with van der Waals surface area (Å²) in [5.41, 5.74) is 0. The molecule has 0 saturated heterocycles. The zero-order valence-electron chi connectivity index (χ0n) is 7.12. The van der Waals surface area contributed by atoms with Crippen molar-refractivity contribution >= 4 is 10.1 Å². The Morgan fingerprint density at radius 2 is 2.09 bits per heavy atom. The zero-order chi connectivity index (χ0) is 8.91. The van der Waals surface area contributed by atoms with Crippen LogP contribution in [0.25, 0.3) is 0 Å². The number of hydrogen-bond acceptors (Lipinski definition) is 3. The Morgan fingerprint density at radius 1 is 1.55 bits per heavy atom. The van der Waals surface area contributed by atoms with Gasteiger partial charge in [-0.05, 0) is 19.4 Å². The zero-order valence-corrected chi connectivity index (χ0v) is 7.94. The second-order valence-corrected chi connectivity index (χ2v) is 3.97. The highest BCUT2D eigenvalue weighted by Gasteiger charge is 2.00. The molecule has 0 aliphatic carbocycles. The molecule has 0 bridgehead atoms. The van der Waals surface area contributed by atoms with E-state index in [4.69, 9.17) is 0 Å². The molecule has 0 amide bonds. The summed E-state index contributed by atoms with van der Waals surface area (Å²) < 4.78 is 25.7. The first kappa shape index (κ1) is 10.5. The van der Waals surface area contributed by atoms with Gasteiger partial charge in [-0.15, -0.1) is 0 Å². The maximum atomic E-state index is 10.5. The highest BCUT2D eigenvalue weighted by Crippen LogP contribution is 2.03. The van der Waals surface area contributed by atoms with E-state index in [0.717, 1.165) is 19.1 Å². The molecule has 0 heterocycles. The quantitative estimate of drug-likeness (QED) is 0.486. The van der Waals surface area contributed by atoms with Crippen LogP contribution >= 0.6 is 0 Å². The van der Waals surface area contributed by atoms with E-state index in [0.29, 0.717) is 5.76 Å². The first-order valence-corrected chi connectivity index (χ1v) is 5.33. The van der Waals surface area contributed by atoms with E-state index in [1.807, 2.05) is 6.92 Å². The number of unbranched alkanes of at least 4 members (excludes halogenated alkanes) is 1. The van der Waals surface area contributed by atoms with E-state index in [2.05, 4.69) is 4.18 Å². The van der Waals surface area contributed by atoms with Crippen molar-refractivity contribution < 1.29 is 12.6 Å². The van der Waals surface area contributed by atoms with E-state index >= 15 is 0 Å². The first-order chi connectivity index (χ1) is 4.95. The molecule has 0 atom stereocenters. The topological polar surface area (TPSA) is 43.4 Å². The molecule has 0 aromatic rings. The monoisotopic (exact) mass is 178 g/mol. The molecule has 4 heteroatoms. The van der Waals surface area contributed by atoms with Gasteiger partial charge in [-0.25, -0.2) is 0 Å². The van der Waals surface area contributed by atoms with Crippen LogP contribution < -0.4 is 0 Å². The lowest BCUT2D eigenvalue weighted by atomic mass is 10.3. The van der Waals surface area contributed by atoms with Gasteiger partial charge in [0.05, 0.1) is 6.26 Å². The van der Waals surface area contributed by atoms with Gasteiger partial charge in [0.15, 0.2) is 0 Å². The minimum atomic E-state index is -3.32. The van der Waals surface area contributed by atoms with Gasteiger partial charge in [-0.3, -0.25) is 0 Å². The molecular weight excluding hydrogens is 164 g/mol. The van der Waals surface area contributed by atoms with Crippen molar-refractivity contribution in [2.24, 2.45) is 0 Å². The Labute approximate surface area is 68.2 Å². The van der Waals surface area contributed by atoms with Crippen molar-refractivity contribution in [2.75, 3.05) is 6.26 Å². The summed E-state index contributed by atoms with van der Waals surface area (Å²) in [7, 11) is -3.32. The maximum absolute atomic E-state index is 10.5. The normalized spacial score (nSPS) is 13.2. The smallest absolute Gasteiger partial charge is 0.305 e. The summed E-state index contributed by atoms with van der Waals surface area (Å²) in [6, 6.07) is 0. The molecule has 0 saturated carbocycles. The van der Waals surface area contributed by atoms with Crippen LogP contribution in [0.1, 0.15) is 26.7 Å². The Morgan fingerprint density at radius 3 is 2.45 bits per heavy atom. The van der Waals surface area contributed by atoms with Gasteiger partial charge < -0.3 is 4.18 Å². The third kappa shape index (κ3) is 7.39. The average Bonchev–Trinajstić information content (AvgIpc) is 1.79. The Hall–Kier alpha value is -0.510. The van der Waals surface area contributed by atoms with Gasteiger partial charge in [0, 0.05) is 0 Å². The molecular formula is C7H14O3S. The van der Waals surface area contributed by atoms with Crippen molar-refractivity contribution in [1.29, 1.82) is 0 Å². The predicted molar refractivity (Wildman–Crippen MR) is 44.6 cm³/mol. The van der Waals surface area contributed by atoms with Crippen LogP contribution in [0.5, 0.6) is 0 Å². The van der Waals surface area contributed by atoms with Crippen molar-refractivity contribution in [1.82, 2.24) is 0 Å². The van der Waals surface area contributed by atoms with Crippen molar-refractivity contribution in [3.05, 3.63) is 11.8 Å². The SMILES string of the molecule is CCC/C=C(\C)OS(C)(=O)=O. The van der Waals surface area contributed by atoms with Gasteiger partial charge in [-0.2, -0.15) is 8.42 Å². The molecule has 0 aromatic heterocycles. The van der Waals surface area contributed by atoms with Gasteiger partial charge in [-0.1, -0.05) is 13.3 Å². The molecule has 0 spiro atoms. The van der Waals surface area contributed by atoms with Crippen molar-refractivity contribution in [3.63, 3.8) is 0 Å². The van der Waals surface area contributed by atoms with Crippen LogP contribution in [0.2, 0.25) is 0 Å². The third-order valence-electron chi connectivity index (χ3n) is 1.00. The summed E-state index contributed by atoms with van der Waals surface area (Å²) in [4.78, 5) is 0. The highest BCUT2D eigenvalue weighted by molar-refractivity contribution is 7.86. The lowest BCUT2D eigenvalue weighted by Crippen LogP contribution is -2.00. The molecule has 0 fully saturated rings. The minimum absolute atomic E-state index is 0.453. The van der Waals surface area contributed by atoms with Crippen LogP contribution in [-0.2, 0) is 14.3 Å². The van der Waals surface area contributed by atoms with Crippen LogP contribution in [0.3, 0.4) is 0 Å². The van der Waals surface area contributed by atoms with E-state index in [1.165, 1.54) is 0 Å². The lowest BCUT2D eigenvalue weighted by molar-refractivity contribution is 0.411. The Kier molecular flexibility index (Phi) is 4.18. The molecule has 0 unspecified atom stereocenters. The number of allylic oxidation sites excluding steroid dienone is 2. The molecule has 0 rings (SSSR count). The molecule has 0 aromatic carbocycles. The second-order valence-electron chi connectivity index (χ2n) is 2.39. The van der Waals surface area contributed by atoms with Crippen molar-refractivity contribution in [2.45, 2.75) is 26.7 Å². The van der Waals surface area contributed by atoms with Crippen LogP contribution in [0.4, 0.5) is 0 Å². The largest absolute Gasteiger partial charge is 0.388 e. The number of rotatable bonds is 4. The summed E-state index contributed by atoms with van der Waals surface area (Å²) in [5.74, 6) is 0.453. The molecule has 66 valence electrons. The van der Waals surface area contributed by atoms with E-state index in [1.54, 1.807) is 13.0 Å². The fourth-order valence-electron chi connectivity index (χ4n) is 0.620. The summed E-state index contributed by atoms with van der Waals surface area (Å²) in [6.07, 6.45) is 4.64.